The number of aliphatic hydroxyl groups excluding tert-OH is 2. The number of aromatic nitrogens is 4. The lowest BCUT2D eigenvalue weighted by molar-refractivity contribution is -0.0580. The first-order valence-corrected chi connectivity index (χ1v) is 6.50. The number of ether oxygens (including phenoxy) is 2. The van der Waals surface area contributed by atoms with Gasteiger partial charge in [0.25, 0.3) is 0 Å². The van der Waals surface area contributed by atoms with Crippen LogP contribution in [-0.2, 0) is 9.47 Å². The second-order valence-electron chi connectivity index (χ2n) is 4.98. The third-order valence-electron chi connectivity index (χ3n) is 3.50. The van der Waals surface area contributed by atoms with Gasteiger partial charge in [-0.1, -0.05) is 0 Å². The zero-order chi connectivity index (χ0) is 15.1. The molecule has 3 rings (SSSR count). The lowest BCUT2D eigenvalue weighted by Crippen LogP contribution is -2.33. The monoisotopic (exact) mass is 295 g/mol. The first-order valence-electron chi connectivity index (χ1n) is 6.50. The normalized spacial score (nSPS) is 29.3. The number of hydrogen-bond acceptors (Lipinski definition) is 8. The molecule has 21 heavy (non-hydrogen) atoms. The van der Waals surface area contributed by atoms with Gasteiger partial charge in [0.15, 0.2) is 17.7 Å². The molecule has 0 aromatic carbocycles. The quantitative estimate of drug-likeness (QED) is 0.656. The second kappa shape index (κ2) is 5.19. The summed E-state index contributed by atoms with van der Waals surface area (Å²) in [5.41, 5.74) is 6.69. The van der Waals surface area contributed by atoms with Crippen molar-refractivity contribution in [2.24, 2.45) is 0 Å². The van der Waals surface area contributed by atoms with E-state index in [1.807, 2.05) is 0 Å². The van der Waals surface area contributed by atoms with E-state index in [1.54, 1.807) is 11.5 Å². The zero-order valence-corrected chi connectivity index (χ0v) is 11.7. The first-order chi connectivity index (χ1) is 10.0. The molecule has 0 amide bonds. The van der Waals surface area contributed by atoms with E-state index in [9.17, 15) is 10.2 Å². The van der Waals surface area contributed by atoms with Crippen molar-refractivity contribution in [1.82, 2.24) is 19.5 Å². The molecule has 9 nitrogen and oxygen atoms in total. The number of nitrogen functional groups attached to an aromatic ring is 1. The molecule has 0 aliphatic carbocycles. The fraction of sp³-hybridized carbons (Fsp3) is 0.583. The highest BCUT2D eigenvalue weighted by Gasteiger charge is 2.44. The van der Waals surface area contributed by atoms with Crippen LogP contribution in [0.5, 0.6) is 0 Å². The molecule has 4 N–H and O–H groups in total. The molecule has 2 aromatic heterocycles. The van der Waals surface area contributed by atoms with Gasteiger partial charge in [0.2, 0.25) is 0 Å². The van der Waals surface area contributed by atoms with Crippen molar-refractivity contribution in [3.05, 3.63) is 12.2 Å². The minimum Gasteiger partial charge on any atom is -0.387 e. The van der Waals surface area contributed by atoms with Crippen LogP contribution in [0.1, 0.15) is 12.1 Å². The summed E-state index contributed by atoms with van der Waals surface area (Å²) in [5.74, 6) is 0.751. The number of aliphatic hydroxyl groups is 2. The van der Waals surface area contributed by atoms with Crippen LogP contribution in [0.15, 0.2) is 6.33 Å². The summed E-state index contributed by atoms with van der Waals surface area (Å²) in [7, 11) is 1.50. The maximum atomic E-state index is 10.2. The number of anilines is 1. The van der Waals surface area contributed by atoms with Gasteiger partial charge in [0, 0.05) is 7.11 Å². The molecule has 1 saturated heterocycles. The van der Waals surface area contributed by atoms with Crippen LogP contribution < -0.4 is 5.73 Å². The fourth-order valence-corrected chi connectivity index (χ4v) is 2.50. The van der Waals surface area contributed by atoms with E-state index in [0.717, 1.165) is 0 Å². The van der Waals surface area contributed by atoms with Gasteiger partial charge in [0.05, 0.1) is 12.9 Å². The average Bonchev–Trinajstić information content (AvgIpc) is 2.96. The molecule has 1 fully saturated rings. The smallest absolute Gasteiger partial charge is 0.167 e. The predicted molar refractivity (Wildman–Crippen MR) is 72.3 cm³/mol. The van der Waals surface area contributed by atoms with Crippen LogP contribution in [0.2, 0.25) is 0 Å². The van der Waals surface area contributed by atoms with Crippen LogP contribution in [0.25, 0.3) is 11.2 Å². The van der Waals surface area contributed by atoms with E-state index in [4.69, 9.17) is 15.2 Å². The predicted octanol–water partition coefficient (Wildman–Crippen LogP) is -1.02. The molecule has 0 saturated carbocycles. The van der Waals surface area contributed by atoms with E-state index in [0.29, 0.717) is 17.0 Å². The summed E-state index contributed by atoms with van der Waals surface area (Å²) in [6.07, 6.45) is -2.12. The SMILES string of the molecule is COC[C@H]1O[C@@H](n2cnc3c(N)nc(C)nc32)[C@H](O)[C@@H]1O. The third-order valence-corrected chi connectivity index (χ3v) is 3.50. The molecule has 1 aliphatic rings. The maximum absolute atomic E-state index is 10.2. The number of aryl methyl sites for hydroxylation is 1. The summed E-state index contributed by atoms with van der Waals surface area (Å²) in [6, 6.07) is 0. The number of methoxy groups -OCH3 is 1. The molecule has 9 heteroatoms. The van der Waals surface area contributed by atoms with E-state index in [-0.39, 0.29) is 12.4 Å². The van der Waals surface area contributed by atoms with E-state index >= 15 is 0 Å². The first kappa shape index (κ1) is 14.1. The zero-order valence-electron chi connectivity index (χ0n) is 11.7. The lowest BCUT2D eigenvalue weighted by Gasteiger charge is -2.16. The number of rotatable bonds is 3. The van der Waals surface area contributed by atoms with Crippen LogP contribution in [0.4, 0.5) is 5.82 Å². The largest absolute Gasteiger partial charge is 0.387 e. The van der Waals surface area contributed by atoms with Gasteiger partial charge in [-0.3, -0.25) is 4.57 Å². The van der Waals surface area contributed by atoms with Gasteiger partial charge >= 0.3 is 0 Å². The Hall–Kier alpha value is -1.81. The Kier molecular flexibility index (Phi) is 3.49. The van der Waals surface area contributed by atoms with Gasteiger partial charge in [-0.2, -0.15) is 0 Å². The molecule has 0 unspecified atom stereocenters. The number of nitrogens with zero attached hydrogens (tertiary/aromatic N) is 4. The van der Waals surface area contributed by atoms with E-state index in [1.165, 1.54) is 13.4 Å². The molecule has 1 aliphatic heterocycles. The van der Waals surface area contributed by atoms with E-state index in [2.05, 4.69) is 15.0 Å². The van der Waals surface area contributed by atoms with E-state index < -0.39 is 24.5 Å². The topological polar surface area (TPSA) is 129 Å². The standard InChI is InChI=1S/C12H17N5O4/c1-5-15-10(13)7-11(16-5)17(4-14-7)12-9(19)8(18)6(21-12)3-20-2/h4,6,8-9,12,18-19H,3H2,1-2H3,(H2,13,15,16)/t6-,8-,9-,12-/m1/s1. The summed E-state index contributed by atoms with van der Waals surface area (Å²) >= 11 is 0. The van der Waals surface area contributed by atoms with Crippen molar-refractivity contribution in [2.75, 3.05) is 19.5 Å². The molecular formula is C12H17N5O4. The highest BCUT2D eigenvalue weighted by Crippen LogP contribution is 2.32. The fourth-order valence-electron chi connectivity index (χ4n) is 2.50. The highest BCUT2D eigenvalue weighted by atomic mass is 16.6. The summed E-state index contributed by atoms with van der Waals surface area (Å²) in [6.45, 7) is 1.89. The van der Waals surface area contributed by atoms with Crippen molar-refractivity contribution >= 4 is 17.0 Å². The Balaban J connectivity index is 2.01. The van der Waals surface area contributed by atoms with Crippen LogP contribution in [0.3, 0.4) is 0 Å². The summed E-state index contributed by atoms with van der Waals surface area (Å²) in [4.78, 5) is 12.5. The molecule has 0 spiro atoms. The minimum absolute atomic E-state index is 0.178. The van der Waals surface area contributed by atoms with Gasteiger partial charge in [-0.25, -0.2) is 15.0 Å². The minimum atomic E-state index is -1.11. The number of hydrogen-bond donors (Lipinski definition) is 3. The van der Waals surface area contributed by atoms with Crippen LogP contribution >= 0.6 is 0 Å². The number of nitrogens with two attached hydrogens (primary N) is 1. The van der Waals surface area contributed by atoms with Crippen molar-refractivity contribution in [3.8, 4) is 0 Å². The van der Waals surface area contributed by atoms with Crippen molar-refractivity contribution < 1.29 is 19.7 Å². The molecule has 4 atom stereocenters. The highest BCUT2D eigenvalue weighted by molar-refractivity contribution is 5.81. The molecule has 114 valence electrons. The Bertz CT molecular complexity index is 660. The Morgan fingerprint density at radius 2 is 2.14 bits per heavy atom. The van der Waals surface area contributed by atoms with Crippen molar-refractivity contribution in [3.63, 3.8) is 0 Å². The van der Waals surface area contributed by atoms with Crippen molar-refractivity contribution in [1.29, 1.82) is 0 Å². The van der Waals surface area contributed by atoms with Crippen LogP contribution in [-0.4, -0.2) is 61.8 Å². The number of fused-ring (bicyclic) bond motifs is 1. The Labute approximate surface area is 120 Å². The Morgan fingerprint density at radius 3 is 2.86 bits per heavy atom. The molecule has 0 bridgehead atoms. The van der Waals surface area contributed by atoms with Gasteiger partial charge < -0.3 is 25.4 Å². The van der Waals surface area contributed by atoms with Gasteiger partial charge in [-0.05, 0) is 6.92 Å². The van der Waals surface area contributed by atoms with Gasteiger partial charge in [0.1, 0.15) is 29.7 Å². The third kappa shape index (κ3) is 2.23. The Morgan fingerprint density at radius 1 is 1.38 bits per heavy atom. The van der Waals surface area contributed by atoms with Crippen LogP contribution in [0, 0.1) is 6.92 Å². The van der Waals surface area contributed by atoms with Gasteiger partial charge in [-0.15, -0.1) is 0 Å². The average molecular weight is 295 g/mol. The number of imidazole rings is 1. The lowest BCUT2D eigenvalue weighted by atomic mass is 10.1. The molecular weight excluding hydrogens is 278 g/mol. The molecule has 0 radical (unpaired) electrons. The summed E-state index contributed by atoms with van der Waals surface area (Å²) in [5, 5.41) is 20.2. The second-order valence-corrected chi connectivity index (χ2v) is 4.98. The maximum Gasteiger partial charge on any atom is 0.167 e. The molecule has 3 heterocycles. The molecule has 2 aromatic rings. The summed E-state index contributed by atoms with van der Waals surface area (Å²) < 4.78 is 12.2. The van der Waals surface area contributed by atoms with Crippen molar-refractivity contribution in [2.45, 2.75) is 31.5 Å².